The standard InChI is InChI=1S/C19H17NO5S2/c1-12-5-3-4-6-17(12)27(23,24)20-15-11-16(26-18(15)19(21)22)13-7-9-14(25-2)10-8-13/h3-11,20H,1-2H3,(H,21,22). The highest BCUT2D eigenvalue weighted by Gasteiger charge is 2.23. The number of thiophene rings is 1. The van der Waals surface area contributed by atoms with Crippen molar-refractivity contribution in [3.8, 4) is 16.2 Å². The summed E-state index contributed by atoms with van der Waals surface area (Å²) in [6, 6.07) is 15.1. The van der Waals surface area contributed by atoms with Gasteiger partial charge in [-0.3, -0.25) is 4.72 Å². The van der Waals surface area contributed by atoms with Crippen LogP contribution in [0.25, 0.3) is 10.4 Å². The predicted octanol–water partition coefficient (Wildman–Crippen LogP) is 4.23. The number of anilines is 1. The van der Waals surface area contributed by atoms with Crippen LogP contribution in [0.15, 0.2) is 59.5 Å². The zero-order valence-corrected chi connectivity index (χ0v) is 16.2. The van der Waals surface area contributed by atoms with E-state index in [1.165, 1.54) is 12.1 Å². The lowest BCUT2D eigenvalue weighted by molar-refractivity contribution is 0.0703. The maximum absolute atomic E-state index is 12.7. The van der Waals surface area contributed by atoms with Gasteiger partial charge >= 0.3 is 5.97 Å². The number of carboxylic acid groups (broad SMARTS) is 1. The molecule has 27 heavy (non-hydrogen) atoms. The van der Waals surface area contributed by atoms with Crippen molar-refractivity contribution in [2.75, 3.05) is 11.8 Å². The highest BCUT2D eigenvalue weighted by molar-refractivity contribution is 7.92. The van der Waals surface area contributed by atoms with Gasteiger partial charge in [0, 0.05) is 4.88 Å². The van der Waals surface area contributed by atoms with E-state index in [2.05, 4.69) is 4.72 Å². The molecule has 0 aliphatic heterocycles. The van der Waals surface area contributed by atoms with E-state index in [0.29, 0.717) is 16.2 Å². The number of methoxy groups -OCH3 is 1. The van der Waals surface area contributed by atoms with Crippen molar-refractivity contribution < 1.29 is 23.1 Å². The summed E-state index contributed by atoms with van der Waals surface area (Å²) >= 11 is 1.01. The molecule has 0 saturated heterocycles. The molecule has 0 amide bonds. The third-order valence-corrected chi connectivity index (χ3v) is 6.63. The van der Waals surface area contributed by atoms with Gasteiger partial charge in [-0.2, -0.15) is 0 Å². The van der Waals surface area contributed by atoms with Crippen molar-refractivity contribution in [2.24, 2.45) is 0 Å². The maximum atomic E-state index is 12.7. The number of carboxylic acids is 1. The number of hydrogen-bond donors (Lipinski definition) is 2. The molecule has 3 rings (SSSR count). The van der Waals surface area contributed by atoms with Crippen molar-refractivity contribution in [1.29, 1.82) is 0 Å². The number of aromatic carboxylic acids is 1. The number of ether oxygens (including phenoxy) is 1. The first-order valence-electron chi connectivity index (χ1n) is 7.92. The van der Waals surface area contributed by atoms with Crippen molar-refractivity contribution >= 4 is 33.0 Å². The van der Waals surface area contributed by atoms with Crippen LogP contribution in [0, 0.1) is 6.92 Å². The van der Waals surface area contributed by atoms with Crippen molar-refractivity contribution in [3.63, 3.8) is 0 Å². The molecule has 140 valence electrons. The van der Waals surface area contributed by atoms with Crippen LogP contribution in [-0.4, -0.2) is 26.6 Å². The van der Waals surface area contributed by atoms with Crippen molar-refractivity contribution in [3.05, 3.63) is 65.0 Å². The van der Waals surface area contributed by atoms with Gasteiger partial charge in [0.25, 0.3) is 10.0 Å². The molecule has 2 N–H and O–H groups in total. The fourth-order valence-corrected chi connectivity index (χ4v) is 4.91. The van der Waals surface area contributed by atoms with Crippen LogP contribution in [0.1, 0.15) is 15.2 Å². The minimum atomic E-state index is -3.91. The summed E-state index contributed by atoms with van der Waals surface area (Å²) in [7, 11) is -2.35. The molecule has 0 radical (unpaired) electrons. The Morgan fingerprint density at radius 3 is 2.37 bits per heavy atom. The minimum absolute atomic E-state index is 0.0431. The molecule has 0 fully saturated rings. The molecule has 0 aliphatic rings. The Morgan fingerprint density at radius 1 is 1.11 bits per heavy atom. The quantitative estimate of drug-likeness (QED) is 0.642. The molecule has 0 saturated carbocycles. The van der Waals surface area contributed by atoms with E-state index in [4.69, 9.17) is 4.74 Å². The summed E-state index contributed by atoms with van der Waals surface area (Å²) in [5.74, 6) is -0.517. The minimum Gasteiger partial charge on any atom is -0.497 e. The molecule has 8 heteroatoms. The zero-order chi connectivity index (χ0) is 19.6. The number of nitrogens with one attached hydrogen (secondary N) is 1. The lowest BCUT2D eigenvalue weighted by Crippen LogP contribution is -2.15. The average Bonchev–Trinajstić information content (AvgIpc) is 3.05. The zero-order valence-electron chi connectivity index (χ0n) is 14.6. The number of aryl methyl sites for hydroxylation is 1. The molecule has 1 heterocycles. The molecule has 0 atom stereocenters. The molecular weight excluding hydrogens is 386 g/mol. The molecule has 0 aliphatic carbocycles. The Labute approximate surface area is 161 Å². The first-order valence-corrected chi connectivity index (χ1v) is 10.2. The van der Waals surface area contributed by atoms with Crippen LogP contribution in [0.2, 0.25) is 0 Å². The monoisotopic (exact) mass is 403 g/mol. The predicted molar refractivity (Wildman–Crippen MR) is 105 cm³/mol. The normalized spacial score (nSPS) is 11.2. The van der Waals surface area contributed by atoms with Gasteiger partial charge in [0.05, 0.1) is 17.7 Å². The van der Waals surface area contributed by atoms with E-state index in [-0.39, 0.29) is 15.5 Å². The van der Waals surface area contributed by atoms with Crippen molar-refractivity contribution in [1.82, 2.24) is 0 Å². The van der Waals surface area contributed by atoms with E-state index >= 15 is 0 Å². The maximum Gasteiger partial charge on any atom is 0.348 e. The Balaban J connectivity index is 2.01. The summed E-state index contributed by atoms with van der Waals surface area (Å²) in [4.78, 5) is 12.3. The summed E-state index contributed by atoms with van der Waals surface area (Å²) in [6.45, 7) is 1.68. The molecule has 3 aromatic rings. The molecule has 0 bridgehead atoms. The lowest BCUT2D eigenvalue weighted by atomic mass is 10.2. The molecular formula is C19H17NO5S2. The van der Waals surface area contributed by atoms with Crippen LogP contribution < -0.4 is 9.46 Å². The fourth-order valence-electron chi connectivity index (χ4n) is 2.58. The van der Waals surface area contributed by atoms with Gasteiger partial charge in [0.15, 0.2) is 0 Å². The topological polar surface area (TPSA) is 92.7 Å². The highest BCUT2D eigenvalue weighted by Crippen LogP contribution is 2.36. The summed E-state index contributed by atoms with van der Waals surface area (Å²) in [5, 5.41) is 9.49. The van der Waals surface area contributed by atoms with Gasteiger partial charge in [-0.25, -0.2) is 13.2 Å². The van der Waals surface area contributed by atoms with Crippen LogP contribution in [0.3, 0.4) is 0 Å². The van der Waals surface area contributed by atoms with Crippen LogP contribution in [0.4, 0.5) is 5.69 Å². The first-order chi connectivity index (χ1) is 12.8. The second-order valence-corrected chi connectivity index (χ2v) is 8.46. The first kappa shape index (κ1) is 18.9. The fraction of sp³-hybridized carbons (Fsp3) is 0.105. The third kappa shape index (κ3) is 3.96. The van der Waals surface area contributed by atoms with Gasteiger partial charge in [-0.1, -0.05) is 18.2 Å². The Bertz CT molecular complexity index is 1090. The molecule has 6 nitrogen and oxygen atoms in total. The molecule has 2 aromatic carbocycles. The second-order valence-electron chi connectivity index (χ2n) is 5.76. The second kappa shape index (κ2) is 7.42. The molecule has 1 aromatic heterocycles. The van der Waals surface area contributed by atoms with E-state index in [9.17, 15) is 18.3 Å². The smallest absolute Gasteiger partial charge is 0.348 e. The Morgan fingerprint density at radius 2 is 1.78 bits per heavy atom. The van der Waals surface area contributed by atoms with Gasteiger partial charge in [-0.15, -0.1) is 11.3 Å². The number of carbonyl (C=O) groups is 1. The SMILES string of the molecule is COc1ccc(-c2cc(NS(=O)(=O)c3ccccc3C)c(C(=O)O)s2)cc1. The summed E-state index contributed by atoms with van der Waals surface area (Å²) in [6.07, 6.45) is 0. The van der Waals surface area contributed by atoms with Gasteiger partial charge in [0.2, 0.25) is 0 Å². The summed E-state index contributed by atoms with van der Waals surface area (Å²) in [5.41, 5.74) is 1.39. The number of benzene rings is 2. The highest BCUT2D eigenvalue weighted by atomic mass is 32.2. The van der Waals surface area contributed by atoms with E-state index in [1.807, 2.05) is 0 Å². The van der Waals surface area contributed by atoms with Gasteiger partial charge in [-0.05, 0) is 54.4 Å². The van der Waals surface area contributed by atoms with Crippen LogP contribution in [0.5, 0.6) is 5.75 Å². The average molecular weight is 403 g/mol. The van der Waals surface area contributed by atoms with Gasteiger partial charge in [0.1, 0.15) is 10.6 Å². The van der Waals surface area contributed by atoms with E-state index in [1.54, 1.807) is 56.5 Å². The third-order valence-electron chi connectivity index (χ3n) is 3.93. The largest absolute Gasteiger partial charge is 0.497 e. The van der Waals surface area contributed by atoms with E-state index in [0.717, 1.165) is 16.9 Å². The number of rotatable bonds is 6. The summed E-state index contributed by atoms with van der Waals surface area (Å²) < 4.78 is 33.0. The molecule has 0 unspecified atom stereocenters. The van der Waals surface area contributed by atoms with Crippen LogP contribution >= 0.6 is 11.3 Å². The number of hydrogen-bond acceptors (Lipinski definition) is 5. The lowest BCUT2D eigenvalue weighted by Gasteiger charge is -2.09. The van der Waals surface area contributed by atoms with E-state index < -0.39 is 16.0 Å². The Kier molecular flexibility index (Phi) is 5.20. The Hall–Kier alpha value is -2.84. The van der Waals surface area contributed by atoms with Gasteiger partial charge < -0.3 is 9.84 Å². The number of sulfonamides is 1. The van der Waals surface area contributed by atoms with Crippen LogP contribution in [-0.2, 0) is 10.0 Å². The molecule has 0 spiro atoms. The van der Waals surface area contributed by atoms with Crippen molar-refractivity contribution in [2.45, 2.75) is 11.8 Å².